The maximum absolute atomic E-state index is 5.83. The van der Waals surface area contributed by atoms with Gasteiger partial charge in [-0.25, -0.2) is 4.98 Å². The summed E-state index contributed by atoms with van der Waals surface area (Å²) in [5, 5.41) is 0. The lowest BCUT2D eigenvalue weighted by atomic mass is 10.1. The van der Waals surface area contributed by atoms with Crippen LogP contribution in [0.3, 0.4) is 0 Å². The topological polar surface area (TPSA) is 26.0 Å². The Labute approximate surface area is 105 Å². The minimum atomic E-state index is 0.458. The second-order valence-corrected chi connectivity index (χ2v) is 4.88. The summed E-state index contributed by atoms with van der Waals surface area (Å²) in [6.07, 6.45) is 1.15. The van der Waals surface area contributed by atoms with Gasteiger partial charge in [0.15, 0.2) is 11.5 Å². The van der Waals surface area contributed by atoms with Crippen molar-refractivity contribution >= 4 is 11.1 Å². The summed E-state index contributed by atoms with van der Waals surface area (Å²) in [7, 11) is 0. The number of hydrogen-bond acceptors (Lipinski definition) is 2. The lowest BCUT2D eigenvalue weighted by Gasteiger charge is -1.96. The van der Waals surface area contributed by atoms with E-state index in [0.29, 0.717) is 11.8 Å². The van der Waals surface area contributed by atoms with E-state index >= 15 is 0 Å². The van der Waals surface area contributed by atoms with Crippen LogP contribution >= 0.6 is 0 Å². The van der Waals surface area contributed by atoms with E-state index in [1.54, 1.807) is 0 Å². The number of rotatable bonds is 2. The summed E-state index contributed by atoms with van der Waals surface area (Å²) in [5.74, 6) is 1.93. The molecule has 4 rings (SSSR count). The fourth-order valence-corrected chi connectivity index (χ4v) is 2.59. The van der Waals surface area contributed by atoms with Gasteiger partial charge in [0, 0.05) is 5.92 Å². The second kappa shape index (κ2) is 3.70. The SMILES string of the molecule is c1ccc([C@H]2C[C@@H]2c2nc3ccccc3o2)cc1. The first kappa shape index (κ1) is 9.89. The molecule has 0 amide bonds. The third kappa shape index (κ3) is 1.53. The Kier molecular flexibility index (Phi) is 2.04. The molecule has 3 aromatic rings. The predicted molar refractivity (Wildman–Crippen MR) is 70.6 cm³/mol. The summed E-state index contributed by atoms with van der Waals surface area (Å²) in [5.41, 5.74) is 3.25. The molecule has 2 heteroatoms. The molecule has 1 saturated carbocycles. The van der Waals surface area contributed by atoms with Gasteiger partial charge >= 0.3 is 0 Å². The molecule has 1 aliphatic rings. The normalized spacial score (nSPS) is 22.2. The highest BCUT2D eigenvalue weighted by Gasteiger charge is 2.43. The number of hydrogen-bond donors (Lipinski definition) is 0. The maximum Gasteiger partial charge on any atom is 0.199 e. The lowest BCUT2D eigenvalue weighted by molar-refractivity contribution is 0.529. The zero-order chi connectivity index (χ0) is 11.9. The van der Waals surface area contributed by atoms with Gasteiger partial charge in [-0.2, -0.15) is 0 Å². The highest BCUT2D eigenvalue weighted by molar-refractivity contribution is 5.72. The van der Waals surface area contributed by atoms with Crippen molar-refractivity contribution in [3.8, 4) is 0 Å². The number of fused-ring (bicyclic) bond motifs is 1. The van der Waals surface area contributed by atoms with Crippen molar-refractivity contribution < 1.29 is 4.42 Å². The number of nitrogens with zero attached hydrogens (tertiary/aromatic N) is 1. The van der Waals surface area contributed by atoms with Crippen LogP contribution in [-0.4, -0.2) is 4.98 Å². The lowest BCUT2D eigenvalue weighted by Crippen LogP contribution is -1.83. The van der Waals surface area contributed by atoms with E-state index in [2.05, 4.69) is 35.3 Å². The first-order chi connectivity index (χ1) is 8.92. The summed E-state index contributed by atoms with van der Waals surface area (Å²) in [6.45, 7) is 0. The minimum absolute atomic E-state index is 0.458. The van der Waals surface area contributed by atoms with Crippen LogP contribution in [-0.2, 0) is 0 Å². The van der Waals surface area contributed by atoms with Gasteiger partial charge in [-0.1, -0.05) is 42.5 Å². The molecule has 0 N–H and O–H groups in total. The standard InChI is InChI=1S/C16H13NO/c1-2-6-11(7-3-1)12-10-13(12)16-17-14-8-4-5-9-15(14)18-16/h1-9,12-13H,10H2/t12-,13+/m1/s1. The summed E-state index contributed by atoms with van der Waals surface area (Å²) < 4.78 is 5.83. The number of benzene rings is 2. The van der Waals surface area contributed by atoms with Gasteiger partial charge in [0.1, 0.15) is 5.52 Å². The van der Waals surface area contributed by atoms with Crippen LogP contribution in [0.4, 0.5) is 0 Å². The maximum atomic E-state index is 5.83. The highest BCUT2D eigenvalue weighted by Crippen LogP contribution is 2.54. The van der Waals surface area contributed by atoms with Gasteiger partial charge in [-0.05, 0) is 30.0 Å². The Morgan fingerprint density at radius 3 is 2.50 bits per heavy atom. The zero-order valence-corrected chi connectivity index (χ0v) is 9.91. The molecule has 0 aliphatic heterocycles. The molecule has 1 aliphatic carbocycles. The molecule has 2 nitrogen and oxygen atoms in total. The average molecular weight is 235 g/mol. The molecule has 0 radical (unpaired) electrons. The van der Waals surface area contributed by atoms with Gasteiger partial charge < -0.3 is 4.42 Å². The van der Waals surface area contributed by atoms with Crippen LogP contribution < -0.4 is 0 Å². The van der Waals surface area contributed by atoms with Crippen molar-refractivity contribution in [2.75, 3.05) is 0 Å². The molecule has 18 heavy (non-hydrogen) atoms. The number of aromatic nitrogens is 1. The first-order valence-corrected chi connectivity index (χ1v) is 6.32. The van der Waals surface area contributed by atoms with E-state index in [-0.39, 0.29) is 0 Å². The molecule has 2 atom stereocenters. The third-order valence-corrected chi connectivity index (χ3v) is 3.65. The van der Waals surface area contributed by atoms with Crippen molar-refractivity contribution in [2.24, 2.45) is 0 Å². The van der Waals surface area contributed by atoms with Gasteiger partial charge in [0.2, 0.25) is 0 Å². The third-order valence-electron chi connectivity index (χ3n) is 3.65. The highest BCUT2D eigenvalue weighted by atomic mass is 16.3. The van der Waals surface area contributed by atoms with Crippen LogP contribution in [0.15, 0.2) is 59.0 Å². The van der Waals surface area contributed by atoms with Crippen LogP contribution in [0.1, 0.15) is 29.7 Å². The van der Waals surface area contributed by atoms with E-state index in [0.717, 1.165) is 23.4 Å². The average Bonchev–Trinajstić information content (AvgIpc) is 3.12. The first-order valence-electron chi connectivity index (χ1n) is 6.32. The molecule has 1 heterocycles. The van der Waals surface area contributed by atoms with Crippen LogP contribution in [0.25, 0.3) is 11.1 Å². The van der Waals surface area contributed by atoms with Crippen molar-refractivity contribution in [2.45, 2.75) is 18.3 Å². The largest absolute Gasteiger partial charge is 0.440 e. The fourth-order valence-electron chi connectivity index (χ4n) is 2.59. The Morgan fingerprint density at radius 2 is 1.67 bits per heavy atom. The smallest absolute Gasteiger partial charge is 0.199 e. The Morgan fingerprint density at radius 1 is 0.889 bits per heavy atom. The Hall–Kier alpha value is -2.09. The van der Waals surface area contributed by atoms with Gasteiger partial charge in [0.25, 0.3) is 0 Å². The monoisotopic (exact) mass is 235 g/mol. The molecule has 1 aromatic heterocycles. The van der Waals surface area contributed by atoms with Crippen LogP contribution in [0.2, 0.25) is 0 Å². The fraction of sp³-hybridized carbons (Fsp3) is 0.188. The minimum Gasteiger partial charge on any atom is -0.440 e. The van der Waals surface area contributed by atoms with Crippen LogP contribution in [0.5, 0.6) is 0 Å². The second-order valence-electron chi connectivity index (χ2n) is 4.88. The molecule has 0 saturated heterocycles. The molecule has 88 valence electrons. The van der Waals surface area contributed by atoms with Gasteiger partial charge in [0.05, 0.1) is 0 Å². The van der Waals surface area contributed by atoms with Gasteiger partial charge in [-0.3, -0.25) is 0 Å². The van der Waals surface area contributed by atoms with E-state index in [4.69, 9.17) is 4.42 Å². The van der Waals surface area contributed by atoms with E-state index in [1.165, 1.54) is 5.56 Å². The number of oxazole rings is 1. The van der Waals surface area contributed by atoms with Gasteiger partial charge in [-0.15, -0.1) is 0 Å². The van der Waals surface area contributed by atoms with Crippen molar-refractivity contribution in [1.82, 2.24) is 4.98 Å². The van der Waals surface area contributed by atoms with Crippen molar-refractivity contribution in [3.63, 3.8) is 0 Å². The molecule has 0 bridgehead atoms. The van der Waals surface area contributed by atoms with Crippen LogP contribution in [0, 0.1) is 0 Å². The molecule has 1 fully saturated rings. The molecule has 2 aromatic carbocycles. The van der Waals surface area contributed by atoms with Crippen molar-refractivity contribution in [3.05, 3.63) is 66.1 Å². The molecular formula is C16H13NO. The van der Waals surface area contributed by atoms with E-state index in [9.17, 15) is 0 Å². The zero-order valence-electron chi connectivity index (χ0n) is 9.91. The molecule has 0 spiro atoms. The quantitative estimate of drug-likeness (QED) is 0.668. The number of para-hydroxylation sites is 2. The van der Waals surface area contributed by atoms with Crippen molar-refractivity contribution in [1.29, 1.82) is 0 Å². The molecular weight excluding hydrogens is 222 g/mol. The summed E-state index contributed by atoms with van der Waals surface area (Å²) >= 11 is 0. The Balaban J connectivity index is 1.66. The molecule has 0 unspecified atom stereocenters. The summed E-state index contributed by atoms with van der Waals surface area (Å²) in [4.78, 5) is 4.58. The van der Waals surface area contributed by atoms with E-state index < -0.39 is 0 Å². The summed E-state index contributed by atoms with van der Waals surface area (Å²) in [6, 6.07) is 18.6. The predicted octanol–water partition coefficient (Wildman–Crippen LogP) is 4.10. The van der Waals surface area contributed by atoms with E-state index in [1.807, 2.05) is 24.3 Å². The Bertz CT molecular complexity index is 653.